The third kappa shape index (κ3) is 7.45. The fourth-order valence-electron chi connectivity index (χ4n) is 2.54. The van der Waals surface area contributed by atoms with Gasteiger partial charge in [-0.1, -0.05) is 26.8 Å². The Morgan fingerprint density at radius 3 is 2.32 bits per heavy atom. The molecule has 0 radical (unpaired) electrons. The van der Waals surface area contributed by atoms with E-state index in [0.717, 1.165) is 12.8 Å². The number of carboxylic acids is 1. The molecule has 1 unspecified atom stereocenters. The monoisotopic (exact) mass is 351 g/mol. The number of carboxylic acid groups (broad SMARTS) is 1. The van der Waals surface area contributed by atoms with Crippen molar-refractivity contribution in [2.24, 2.45) is 5.41 Å². The second-order valence-corrected chi connectivity index (χ2v) is 7.25. The normalized spacial score (nSPS) is 12.4. The number of hydrogen-bond acceptors (Lipinski definition) is 4. The van der Waals surface area contributed by atoms with Crippen LogP contribution in [0.5, 0.6) is 11.5 Å². The molecule has 1 rings (SSSR count). The minimum atomic E-state index is -0.977. The summed E-state index contributed by atoms with van der Waals surface area (Å²) in [6.07, 6.45) is 1.88. The third-order valence-electron chi connectivity index (χ3n) is 3.85. The van der Waals surface area contributed by atoms with Gasteiger partial charge in [0, 0.05) is 6.42 Å². The highest BCUT2D eigenvalue weighted by atomic mass is 16.5. The molecule has 0 aliphatic carbocycles. The number of rotatable bonds is 9. The lowest BCUT2D eigenvalue weighted by molar-refractivity contribution is -0.137. The number of hydrogen-bond donors (Lipinski definition) is 2. The molecule has 140 valence electrons. The number of amides is 1. The van der Waals surface area contributed by atoms with E-state index in [2.05, 4.69) is 26.1 Å². The van der Waals surface area contributed by atoms with Gasteiger partial charge in [-0.05, 0) is 36.0 Å². The van der Waals surface area contributed by atoms with E-state index in [9.17, 15) is 9.59 Å². The fraction of sp³-hybridized carbons (Fsp3) is 0.579. The van der Waals surface area contributed by atoms with E-state index < -0.39 is 12.0 Å². The van der Waals surface area contributed by atoms with Crippen molar-refractivity contribution >= 4 is 11.9 Å². The van der Waals surface area contributed by atoms with Gasteiger partial charge in [-0.2, -0.15) is 0 Å². The van der Waals surface area contributed by atoms with E-state index in [1.807, 2.05) is 0 Å². The average molecular weight is 351 g/mol. The quantitative estimate of drug-likeness (QED) is 0.711. The van der Waals surface area contributed by atoms with E-state index in [4.69, 9.17) is 14.6 Å². The molecule has 6 heteroatoms. The summed E-state index contributed by atoms with van der Waals surface area (Å²) < 4.78 is 10.4. The van der Waals surface area contributed by atoms with Gasteiger partial charge in [0.25, 0.3) is 0 Å². The van der Waals surface area contributed by atoms with Gasteiger partial charge in [-0.25, -0.2) is 0 Å². The van der Waals surface area contributed by atoms with Crippen molar-refractivity contribution in [1.82, 2.24) is 5.32 Å². The van der Waals surface area contributed by atoms with Crippen LogP contribution in [0.15, 0.2) is 18.2 Å². The first-order chi connectivity index (χ1) is 11.7. The van der Waals surface area contributed by atoms with Crippen molar-refractivity contribution < 1.29 is 24.2 Å². The zero-order valence-corrected chi connectivity index (χ0v) is 15.7. The number of methoxy groups -OCH3 is 2. The Morgan fingerprint density at radius 2 is 1.80 bits per heavy atom. The lowest BCUT2D eigenvalue weighted by Gasteiger charge is -2.20. The van der Waals surface area contributed by atoms with Crippen molar-refractivity contribution in [1.29, 1.82) is 0 Å². The van der Waals surface area contributed by atoms with Crippen molar-refractivity contribution in [2.45, 2.75) is 52.5 Å². The molecular formula is C19H29NO5. The molecule has 0 aromatic heterocycles. The van der Waals surface area contributed by atoms with Crippen LogP contribution in [0.1, 0.15) is 58.1 Å². The summed E-state index contributed by atoms with van der Waals surface area (Å²) in [4.78, 5) is 23.4. The summed E-state index contributed by atoms with van der Waals surface area (Å²) in [5, 5.41) is 12.0. The van der Waals surface area contributed by atoms with Crippen LogP contribution >= 0.6 is 0 Å². The predicted octanol–water partition coefficient (Wildman–Crippen LogP) is 3.55. The molecule has 1 aromatic rings. The van der Waals surface area contributed by atoms with Gasteiger partial charge in [0.15, 0.2) is 11.5 Å². The maximum Gasteiger partial charge on any atom is 0.305 e. The van der Waals surface area contributed by atoms with Crippen LogP contribution in [0.25, 0.3) is 0 Å². The Morgan fingerprint density at radius 1 is 1.16 bits per heavy atom. The van der Waals surface area contributed by atoms with Gasteiger partial charge in [0.05, 0.1) is 26.7 Å². The maximum atomic E-state index is 12.2. The Balaban J connectivity index is 2.83. The number of nitrogens with one attached hydrogen (secondary N) is 1. The van der Waals surface area contributed by atoms with Crippen LogP contribution < -0.4 is 14.8 Å². The highest BCUT2D eigenvalue weighted by molar-refractivity contribution is 5.77. The third-order valence-corrected chi connectivity index (χ3v) is 3.85. The second kappa shape index (κ2) is 9.30. The van der Waals surface area contributed by atoms with Gasteiger partial charge < -0.3 is 19.9 Å². The summed E-state index contributed by atoms with van der Waals surface area (Å²) >= 11 is 0. The van der Waals surface area contributed by atoms with Crippen LogP contribution in [0.2, 0.25) is 0 Å². The fourth-order valence-corrected chi connectivity index (χ4v) is 2.54. The van der Waals surface area contributed by atoms with Crippen LogP contribution in [0, 0.1) is 5.41 Å². The molecule has 0 heterocycles. The molecule has 1 aromatic carbocycles. The maximum absolute atomic E-state index is 12.2. The summed E-state index contributed by atoms with van der Waals surface area (Å²) in [5.74, 6) is -0.0748. The highest BCUT2D eigenvalue weighted by Crippen LogP contribution is 2.31. The summed E-state index contributed by atoms with van der Waals surface area (Å²) in [6, 6.07) is 4.53. The first-order valence-corrected chi connectivity index (χ1v) is 8.39. The summed E-state index contributed by atoms with van der Waals surface area (Å²) in [5.41, 5.74) is 0.841. The molecular weight excluding hydrogens is 322 g/mol. The summed E-state index contributed by atoms with van der Waals surface area (Å²) in [6.45, 7) is 6.38. The van der Waals surface area contributed by atoms with E-state index in [1.165, 1.54) is 14.2 Å². The zero-order chi connectivity index (χ0) is 19.0. The number of ether oxygens (including phenoxy) is 2. The Labute approximate surface area is 149 Å². The van der Waals surface area contributed by atoms with Gasteiger partial charge >= 0.3 is 5.97 Å². The van der Waals surface area contributed by atoms with Crippen LogP contribution in [0.4, 0.5) is 0 Å². The largest absolute Gasteiger partial charge is 0.493 e. The molecule has 0 spiro atoms. The Kier molecular flexibility index (Phi) is 7.74. The van der Waals surface area contributed by atoms with E-state index in [-0.39, 0.29) is 17.7 Å². The molecule has 0 saturated carbocycles. The van der Waals surface area contributed by atoms with E-state index >= 15 is 0 Å². The topological polar surface area (TPSA) is 84.9 Å². The molecule has 1 atom stereocenters. The predicted molar refractivity (Wildman–Crippen MR) is 96.0 cm³/mol. The van der Waals surface area contributed by atoms with Crippen molar-refractivity contribution in [3.8, 4) is 11.5 Å². The lowest BCUT2D eigenvalue weighted by Crippen LogP contribution is -2.30. The van der Waals surface area contributed by atoms with Gasteiger partial charge in [0.2, 0.25) is 5.91 Å². The SMILES string of the molecule is COc1ccc(C(CC(=O)O)NC(=O)CCCC(C)(C)C)cc1OC. The van der Waals surface area contributed by atoms with Crippen molar-refractivity contribution in [2.75, 3.05) is 14.2 Å². The Bertz CT molecular complexity index is 592. The molecule has 6 nitrogen and oxygen atoms in total. The Hall–Kier alpha value is -2.24. The molecule has 0 saturated heterocycles. The minimum absolute atomic E-state index is 0.148. The van der Waals surface area contributed by atoms with Gasteiger partial charge in [-0.3, -0.25) is 9.59 Å². The van der Waals surface area contributed by atoms with Crippen molar-refractivity contribution in [3.05, 3.63) is 23.8 Å². The first-order valence-electron chi connectivity index (χ1n) is 8.39. The number of benzene rings is 1. The van der Waals surface area contributed by atoms with Gasteiger partial charge in [-0.15, -0.1) is 0 Å². The number of carbonyl (C=O) groups is 2. The minimum Gasteiger partial charge on any atom is -0.493 e. The van der Waals surface area contributed by atoms with Crippen LogP contribution in [-0.2, 0) is 9.59 Å². The van der Waals surface area contributed by atoms with Crippen molar-refractivity contribution in [3.63, 3.8) is 0 Å². The highest BCUT2D eigenvalue weighted by Gasteiger charge is 2.20. The first kappa shape index (κ1) is 20.8. The molecule has 1 amide bonds. The molecule has 2 N–H and O–H groups in total. The van der Waals surface area contributed by atoms with E-state index in [1.54, 1.807) is 18.2 Å². The average Bonchev–Trinajstić information content (AvgIpc) is 2.51. The number of aliphatic carboxylic acids is 1. The standard InChI is InChI=1S/C19H29NO5/c1-19(2,3)10-6-7-17(21)20-14(12-18(22)23)13-8-9-15(24-4)16(11-13)25-5/h8-9,11,14H,6-7,10,12H2,1-5H3,(H,20,21)(H,22,23). The summed E-state index contributed by atoms with van der Waals surface area (Å²) in [7, 11) is 3.04. The second-order valence-electron chi connectivity index (χ2n) is 7.25. The number of carbonyl (C=O) groups excluding carboxylic acids is 1. The van der Waals surface area contributed by atoms with Gasteiger partial charge in [0.1, 0.15) is 0 Å². The van der Waals surface area contributed by atoms with E-state index in [0.29, 0.717) is 23.5 Å². The molecule has 0 bridgehead atoms. The zero-order valence-electron chi connectivity index (χ0n) is 15.7. The molecule has 0 aliphatic heterocycles. The lowest BCUT2D eigenvalue weighted by atomic mass is 9.90. The molecule has 0 aliphatic rings. The van der Waals surface area contributed by atoms with Crippen LogP contribution in [-0.4, -0.2) is 31.2 Å². The molecule has 0 fully saturated rings. The smallest absolute Gasteiger partial charge is 0.305 e. The molecule has 25 heavy (non-hydrogen) atoms. The van der Waals surface area contributed by atoms with Crippen LogP contribution in [0.3, 0.4) is 0 Å².